The summed E-state index contributed by atoms with van der Waals surface area (Å²) in [6.07, 6.45) is -0.438. The van der Waals surface area contributed by atoms with Gasteiger partial charge in [-0.2, -0.15) is 0 Å². The van der Waals surface area contributed by atoms with E-state index in [1.807, 2.05) is 30.3 Å². The zero-order valence-corrected chi connectivity index (χ0v) is 16.9. The second kappa shape index (κ2) is 9.98. The minimum absolute atomic E-state index is 0. The van der Waals surface area contributed by atoms with Gasteiger partial charge in [-0.3, -0.25) is 4.90 Å². The van der Waals surface area contributed by atoms with Crippen molar-refractivity contribution in [1.82, 2.24) is 9.80 Å². The molecule has 1 aliphatic heterocycles. The summed E-state index contributed by atoms with van der Waals surface area (Å²) in [6, 6.07) is 9.31. The fraction of sp³-hybridized carbons (Fsp3) is 0.400. The van der Waals surface area contributed by atoms with E-state index in [0.29, 0.717) is 26.2 Å². The van der Waals surface area contributed by atoms with E-state index in [2.05, 4.69) is 6.58 Å². The Hall–Kier alpha value is -0.319. The maximum atomic E-state index is 12.5. The molecule has 0 unspecified atom stereocenters. The Kier molecular flexibility index (Phi) is 9.04. The molecule has 1 amide bonds. The van der Waals surface area contributed by atoms with Gasteiger partial charge in [-0.15, -0.1) is 12.1 Å². The monoisotopic (exact) mass is 366 g/mol. The molecule has 0 aromatic heterocycles. The number of halogens is 3. The van der Waals surface area contributed by atoms with Crippen LogP contribution in [0, 0.1) is 0 Å². The molecule has 1 aromatic rings. The molecule has 2 rings (SSSR count). The van der Waals surface area contributed by atoms with Crippen LogP contribution in [0.5, 0.6) is 0 Å². The molecule has 1 saturated heterocycles. The molecular formula is C15H19BF3KN2O2. The van der Waals surface area contributed by atoms with E-state index in [4.69, 9.17) is 4.74 Å². The fourth-order valence-electron chi connectivity index (χ4n) is 2.29. The number of ether oxygens (including phenoxy) is 1. The molecule has 0 spiro atoms. The minimum Gasteiger partial charge on any atom is -0.445 e. The Balaban J connectivity index is 0.00000288. The van der Waals surface area contributed by atoms with Gasteiger partial charge in [-0.05, 0) is 12.1 Å². The summed E-state index contributed by atoms with van der Waals surface area (Å²) < 4.78 is 42.8. The van der Waals surface area contributed by atoms with Crippen LogP contribution in [-0.4, -0.2) is 55.6 Å². The van der Waals surface area contributed by atoms with Gasteiger partial charge in [-0.1, -0.05) is 30.3 Å². The van der Waals surface area contributed by atoms with Crippen LogP contribution in [-0.2, 0) is 11.3 Å². The molecule has 0 bridgehead atoms. The van der Waals surface area contributed by atoms with Gasteiger partial charge in [0.2, 0.25) is 0 Å². The first kappa shape index (κ1) is 21.7. The Bertz CT molecular complexity index is 549. The molecule has 0 radical (unpaired) electrons. The number of carbonyl (C=O) groups is 1. The van der Waals surface area contributed by atoms with Gasteiger partial charge in [0.25, 0.3) is 0 Å². The number of hydrogen-bond donors (Lipinski definition) is 0. The maximum Gasteiger partial charge on any atom is 1.00 e. The van der Waals surface area contributed by atoms with Crippen molar-refractivity contribution in [3.63, 3.8) is 0 Å². The summed E-state index contributed by atoms with van der Waals surface area (Å²) in [6.45, 7) is -0.452. The molecule has 0 saturated carbocycles. The summed E-state index contributed by atoms with van der Waals surface area (Å²) in [5.74, 6) is 0. The Morgan fingerprint density at radius 3 is 2.25 bits per heavy atom. The first-order valence-corrected chi connectivity index (χ1v) is 7.42. The predicted octanol–water partition coefficient (Wildman–Crippen LogP) is -0.112. The van der Waals surface area contributed by atoms with Gasteiger partial charge in [0.15, 0.2) is 0 Å². The molecule has 1 aliphatic rings. The smallest absolute Gasteiger partial charge is 0.445 e. The zero-order valence-electron chi connectivity index (χ0n) is 13.8. The van der Waals surface area contributed by atoms with Crippen molar-refractivity contribution in [2.75, 3.05) is 32.7 Å². The van der Waals surface area contributed by atoms with Crippen LogP contribution in [0.25, 0.3) is 0 Å². The number of amides is 1. The van der Waals surface area contributed by atoms with Gasteiger partial charge >= 0.3 is 64.5 Å². The van der Waals surface area contributed by atoms with E-state index in [-0.39, 0.29) is 64.5 Å². The Morgan fingerprint density at radius 1 is 1.12 bits per heavy atom. The zero-order chi connectivity index (χ0) is 16.9. The number of carbonyl (C=O) groups excluding carboxylic acids is 1. The second-order valence-electron chi connectivity index (χ2n) is 5.54. The summed E-state index contributed by atoms with van der Waals surface area (Å²) >= 11 is 0. The average molecular weight is 366 g/mol. The third kappa shape index (κ3) is 6.89. The van der Waals surface area contributed by atoms with Crippen LogP contribution >= 0.6 is 0 Å². The van der Waals surface area contributed by atoms with Gasteiger partial charge in [0, 0.05) is 26.2 Å². The summed E-state index contributed by atoms with van der Waals surface area (Å²) in [4.78, 5) is 15.1. The van der Waals surface area contributed by atoms with Crippen LogP contribution in [0.3, 0.4) is 0 Å². The fourth-order valence-corrected chi connectivity index (χ4v) is 2.29. The quantitative estimate of drug-likeness (QED) is 0.682. The van der Waals surface area contributed by atoms with Crippen molar-refractivity contribution in [2.24, 2.45) is 0 Å². The first-order valence-electron chi connectivity index (χ1n) is 7.42. The van der Waals surface area contributed by atoms with Crippen molar-refractivity contribution in [3.05, 3.63) is 47.9 Å². The van der Waals surface area contributed by atoms with Crippen molar-refractivity contribution >= 4 is 13.1 Å². The van der Waals surface area contributed by atoms with E-state index < -0.39 is 18.5 Å². The van der Waals surface area contributed by atoms with Gasteiger partial charge in [0.05, 0.1) is 0 Å². The topological polar surface area (TPSA) is 32.8 Å². The molecule has 9 heteroatoms. The van der Waals surface area contributed by atoms with Crippen LogP contribution in [0.2, 0.25) is 0 Å². The molecule has 0 aliphatic carbocycles. The number of benzene rings is 1. The van der Waals surface area contributed by atoms with Crippen LogP contribution in [0.1, 0.15) is 5.56 Å². The average Bonchev–Trinajstić information content (AvgIpc) is 2.53. The second-order valence-corrected chi connectivity index (χ2v) is 5.54. The standard InChI is InChI=1S/C15H19BF3N2O2.K/c1-13(16(17,18)19)11-20-7-9-21(10-8-20)15(22)23-12-14-5-3-2-4-6-14;/h2-6H,1,7-12H2;/q-1;+1. The van der Waals surface area contributed by atoms with Crippen molar-refractivity contribution in [3.8, 4) is 0 Å². The Morgan fingerprint density at radius 2 is 1.71 bits per heavy atom. The maximum absolute atomic E-state index is 12.5. The molecule has 4 nitrogen and oxygen atoms in total. The van der Waals surface area contributed by atoms with E-state index >= 15 is 0 Å². The van der Waals surface area contributed by atoms with Gasteiger partial charge < -0.3 is 22.6 Å². The largest absolute Gasteiger partial charge is 1.00 e. The number of hydrogen-bond acceptors (Lipinski definition) is 3. The predicted molar refractivity (Wildman–Crippen MR) is 82.9 cm³/mol. The van der Waals surface area contributed by atoms with E-state index in [9.17, 15) is 17.7 Å². The summed E-state index contributed by atoms with van der Waals surface area (Å²) in [5, 5.41) is 0. The first-order chi connectivity index (χ1) is 10.9. The molecule has 126 valence electrons. The van der Waals surface area contributed by atoms with Crippen LogP contribution < -0.4 is 51.4 Å². The normalized spacial score (nSPS) is 15.5. The number of rotatable bonds is 5. The van der Waals surface area contributed by atoms with Crippen LogP contribution in [0.15, 0.2) is 42.4 Å². The molecule has 24 heavy (non-hydrogen) atoms. The molecule has 0 N–H and O–H groups in total. The molecule has 0 atom stereocenters. The third-order valence-corrected chi connectivity index (χ3v) is 3.73. The van der Waals surface area contributed by atoms with E-state index in [1.54, 1.807) is 4.90 Å². The SMILES string of the molecule is C=C(CN1CCN(C(=O)OCc2ccccc2)CC1)[B-](F)(F)F.[K+]. The number of nitrogens with zero attached hydrogens (tertiary/aromatic N) is 2. The number of piperazine rings is 1. The molecule has 1 aromatic carbocycles. The van der Waals surface area contributed by atoms with E-state index in [1.165, 1.54) is 4.90 Å². The minimum atomic E-state index is -5.00. The molecular weight excluding hydrogens is 347 g/mol. The van der Waals surface area contributed by atoms with Gasteiger partial charge in [0.1, 0.15) is 6.61 Å². The van der Waals surface area contributed by atoms with E-state index in [0.717, 1.165) is 5.56 Å². The van der Waals surface area contributed by atoms with Crippen molar-refractivity contribution in [2.45, 2.75) is 6.61 Å². The van der Waals surface area contributed by atoms with Crippen LogP contribution in [0.4, 0.5) is 17.7 Å². The Labute approximate surface area is 182 Å². The van der Waals surface area contributed by atoms with Gasteiger partial charge in [-0.25, -0.2) is 4.79 Å². The van der Waals surface area contributed by atoms with Crippen molar-refractivity contribution < 1.29 is 73.9 Å². The summed E-state index contributed by atoms with van der Waals surface area (Å²) in [5.41, 5.74) is 0.188. The molecule has 1 fully saturated rings. The molecule has 1 heterocycles. The van der Waals surface area contributed by atoms with Crippen molar-refractivity contribution in [1.29, 1.82) is 0 Å². The third-order valence-electron chi connectivity index (χ3n) is 3.73. The summed E-state index contributed by atoms with van der Waals surface area (Å²) in [7, 11) is 0.